The highest BCUT2D eigenvalue weighted by Crippen LogP contribution is 2.25. The van der Waals surface area contributed by atoms with Gasteiger partial charge in [0.05, 0.1) is 17.1 Å². The van der Waals surface area contributed by atoms with E-state index in [1.807, 2.05) is 51.1 Å². The summed E-state index contributed by atoms with van der Waals surface area (Å²) in [5.74, 6) is -3.55. The summed E-state index contributed by atoms with van der Waals surface area (Å²) in [4.78, 5) is 12.2. The highest BCUT2D eigenvalue weighted by molar-refractivity contribution is 7.91. The second-order valence-electron chi connectivity index (χ2n) is 8.09. The molecule has 9 heteroatoms. The average Bonchev–Trinajstić information content (AvgIpc) is 3.11. The first-order valence-electron chi connectivity index (χ1n) is 9.54. The van der Waals surface area contributed by atoms with Gasteiger partial charge in [-0.1, -0.05) is 51.1 Å². The van der Waals surface area contributed by atoms with Crippen molar-refractivity contribution in [3.8, 4) is 0 Å². The van der Waals surface area contributed by atoms with Crippen LogP contribution in [0.3, 0.4) is 0 Å². The van der Waals surface area contributed by atoms with Crippen LogP contribution >= 0.6 is 0 Å². The van der Waals surface area contributed by atoms with Gasteiger partial charge in [-0.15, -0.1) is 0 Å². The number of benzene rings is 2. The Balaban J connectivity index is 1.87. The molecule has 1 aromatic heterocycles. The number of hydrogen-bond donors (Lipinski definition) is 1. The van der Waals surface area contributed by atoms with Gasteiger partial charge in [0.25, 0.3) is 5.91 Å². The zero-order chi connectivity index (χ0) is 22.8. The van der Waals surface area contributed by atoms with E-state index in [0.29, 0.717) is 12.4 Å². The predicted molar refractivity (Wildman–Crippen MR) is 114 cm³/mol. The number of halogens is 2. The van der Waals surface area contributed by atoms with E-state index in [0.717, 1.165) is 23.4 Å². The van der Waals surface area contributed by atoms with Crippen LogP contribution in [0.1, 0.15) is 42.4 Å². The Bertz CT molecular complexity index is 1170. The molecule has 1 heterocycles. The summed E-state index contributed by atoms with van der Waals surface area (Å²) in [6.45, 7) is 6.47. The van der Waals surface area contributed by atoms with Crippen LogP contribution in [-0.4, -0.2) is 29.9 Å². The Kier molecular flexibility index (Phi) is 6.26. The average molecular weight is 448 g/mol. The Morgan fingerprint density at radius 2 is 1.68 bits per heavy atom. The molecular formula is C22H23F2N3O3S. The minimum Gasteiger partial charge on any atom is -0.307 e. The number of amides is 1. The van der Waals surface area contributed by atoms with Crippen LogP contribution in [0.2, 0.25) is 0 Å². The molecule has 0 bridgehead atoms. The van der Waals surface area contributed by atoms with Crippen LogP contribution in [0.5, 0.6) is 0 Å². The monoisotopic (exact) mass is 447 g/mol. The van der Waals surface area contributed by atoms with Gasteiger partial charge in [-0.05, 0) is 29.8 Å². The van der Waals surface area contributed by atoms with Gasteiger partial charge in [-0.25, -0.2) is 13.1 Å². The summed E-state index contributed by atoms with van der Waals surface area (Å²) in [5, 5.41) is 7.41. The van der Waals surface area contributed by atoms with Crippen molar-refractivity contribution in [2.75, 3.05) is 5.32 Å². The fourth-order valence-corrected chi connectivity index (χ4v) is 3.57. The molecule has 164 valence electrons. The van der Waals surface area contributed by atoms with Crippen molar-refractivity contribution >= 4 is 21.6 Å². The van der Waals surface area contributed by atoms with Gasteiger partial charge >= 0.3 is 5.76 Å². The molecule has 0 aliphatic heterocycles. The minimum absolute atomic E-state index is 0.137. The molecule has 0 radical (unpaired) electrons. The summed E-state index contributed by atoms with van der Waals surface area (Å²) < 4.78 is 50.2. The van der Waals surface area contributed by atoms with Crippen molar-refractivity contribution < 1.29 is 22.0 Å². The summed E-state index contributed by atoms with van der Waals surface area (Å²) in [6, 6.07) is 15.8. The van der Waals surface area contributed by atoms with E-state index in [4.69, 9.17) is 0 Å². The molecular weight excluding hydrogens is 424 g/mol. The van der Waals surface area contributed by atoms with Crippen LogP contribution in [0, 0.1) is 0 Å². The third-order valence-corrected chi connectivity index (χ3v) is 6.04. The lowest BCUT2D eigenvalue weighted by atomic mass is 9.92. The Labute approximate surface area is 179 Å². The fraction of sp³-hybridized carbons (Fsp3) is 0.273. The van der Waals surface area contributed by atoms with Crippen LogP contribution < -0.4 is 5.32 Å². The first-order chi connectivity index (χ1) is 14.5. The van der Waals surface area contributed by atoms with Gasteiger partial charge in [0.1, 0.15) is 5.82 Å². The van der Waals surface area contributed by atoms with Gasteiger partial charge in [-0.3, -0.25) is 4.79 Å². The number of carbonyl (C=O) groups is 1. The summed E-state index contributed by atoms with van der Waals surface area (Å²) >= 11 is 0. The molecule has 0 aliphatic rings. The van der Waals surface area contributed by atoms with Gasteiger partial charge in [0, 0.05) is 17.0 Å². The van der Waals surface area contributed by atoms with Crippen LogP contribution in [0.15, 0.2) is 65.6 Å². The lowest BCUT2D eigenvalue weighted by molar-refractivity contribution is 0.102. The molecule has 0 fully saturated rings. The van der Waals surface area contributed by atoms with Crippen LogP contribution in [0.25, 0.3) is 0 Å². The second-order valence-corrected chi connectivity index (χ2v) is 10.0. The molecule has 1 amide bonds. The molecule has 0 unspecified atom stereocenters. The molecule has 2 aromatic carbocycles. The van der Waals surface area contributed by atoms with E-state index in [1.165, 1.54) is 12.1 Å². The molecule has 0 saturated carbocycles. The number of aromatic nitrogens is 2. The zero-order valence-corrected chi connectivity index (χ0v) is 18.2. The summed E-state index contributed by atoms with van der Waals surface area (Å²) in [7, 11) is -4.71. The van der Waals surface area contributed by atoms with Gasteiger partial charge in [-0.2, -0.15) is 13.9 Å². The van der Waals surface area contributed by atoms with Crippen molar-refractivity contribution in [2.45, 2.75) is 43.4 Å². The van der Waals surface area contributed by atoms with E-state index in [9.17, 15) is 22.0 Å². The largest absolute Gasteiger partial charge is 0.341 e. The Morgan fingerprint density at radius 1 is 1.06 bits per heavy atom. The molecule has 0 atom stereocenters. The lowest BCUT2D eigenvalue weighted by Gasteiger charge is -2.14. The van der Waals surface area contributed by atoms with E-state index in [1.54, 1.807) is 10.7 Å². The maximum atomic E-state index is 12.7. The Morgan fingerprint density at radius 3 is 2.23 bits per heavy atom. The number of nitrogens with zero attached hydrogens (tertiary/aromatic N) is 2. The van der Waals surface area contributed by atoms with E-state index in [-0.39, 0.29) is 11.0 Å². The minimum atomic E-state index is -4.71. The van der Waals surface area contributed by atoms with Crippen molar-refractivity contribution in [1.29, 1.82) is 0 Å². The molecule has 0 aliphatic carbocycles. The number of alkyl halides is 2. The standard InChI is InChI=1S/C22H23F2N3O3S/c1-22(2,3)18-13-19(27(26-18)14-15-7-5-4-6-8-15)25-20(28)16-9-11-17(12-10-16)31(29,30)21(23)24/h4-13,21H,14H2,1-3H3,(H,25,28). The van der Waals surface area contributed by atoms with Crippen LogP contribution in [0.4, 0.5) is 14.6 Å². The van der Waals surface area contributed by atoms with Crippen molar-refractivity contribution in [3.05, 3.63) is 77.5 Å². The lowest BCUT2D eigenvalue weighted by Crippen LogP contribution is -2.17. The molecule has 0 saturated heterocycles. The number of nitrogens with one attached hydrogen (secondary N) is 1. The number of anilines is 1. The number of sulfone groups is 1. The van der Waals surface area contributed by atoms with E-state index in [2.05, 4.69) is 10.4 Å². The van der Waals surface area contributed by atoms with Crippen molar-refractivity contribution in [1.82, 2.24) is 9.78 Å². The maximum Gasteiger partial charge on any atom is 0.341 e. The second kappa shape index (κ2) is 8.58. The van der Waals surface area contributed by atoms with Gasteiger partial charge < -0.3 is 5.32 Å². The van der Waals surface area contributed by atoms with Crippen molar-refractivity contribution in [2.24, 2.45) is 0 Å². The SMILES string of the molecule is CC(C)(C)c1cc(NC(=O)c2ccc(S(=O)(=O)C(F)F)cc2)n(Cc2ccccc2)n1. The third kappa shape index (κ3) is 5.16. The van der Waals surface area contributed by atoms with Gasteiger partial charge in [0.15, 0.2) is 0 Å². The molecule has 3 rings (SSSR count). The number of rotatable bonds is 6. The smallest absolute Gasteiger partial charge is 0.307 e. The van der Waals surface area contributed by atoms with E-state index >= 15 is 0 Å². The summed E-state index contributed by atoms with van der Waals surface area (Å²) in [5.41, 5.74) is 1.69. The molecule has 6 nitrogen and oxygen atoms in total. The third-order valence-electron chi connectivity index (χ3n) is 4.64. The molecule has 3 aromatic rings. The number of hydrogen-bond acceptors (Lipinski definition) is 4. The zero-order valence-electron chi connectivity index (χ0n) is 17.3. The first kappa shape index (κ1) is 22.6. The predicted octanol–water partition coefficient (Wildman–Crippen LogP) is 4.48. The van der Waals surface area contributed by atoms with Crippen molar-refractivity contribution in [3.63, 3.8) is 0 Å². The molecule has 1 N–H and O–H groups in total. The summed E-state index contributed by atoms with van der Waals surface area (Å²) in [6.07, 6.45) is 0. The Hall–Kier alpha value is -3.07. The normalized spacial score (nSPS) is 12.2. The number of carbonyl (C=O) groups excluding carboxylic acids is 1. The molecule has 0 spiro atoms. The fourth-order valence-electron chi connectivity index (χ4n) is 2.85. The highest BCUT2D eigenvalue weighted by Gasteiger charge is 2.27. The highest BCUT2D eigenvalue weighted by atomic mass is 32.2. The quantitative estimate of drug-likeness (QED) is 0.604. The molecule has 31 heavy (non-hydrogen) atoms. The van der Waals surface area contributed by atoms with Crippen LogP contribution in [-0.2, 0) is 21.8 Å². The topological polar surface area (TPSA) is 81.1 Å². The van der Waals surface area contributed by atoms with Gasteiger partial charge in [0.2, 0.25) is 9.84 Å². The first-order valence-corrected chi connectivity index (χ1v) is 11.1. The maximum absolute atomic E-state index is 12.7. The van der Waals surface area contributed by atoms with E-state index < -0.39 is 26.4 Å².